The molecule has 0 aliphatic heterocycles. The second-order valence-electron chi connectivity index (χ2n) is 6.58. The van der Waals surface area contributed by atoms with Crippen molar-refractivity contribution in [3.05, 3.63) is 58.7 Å². The molecule has 0 radical (unpaired) electrons. The lowest BCUT2D eigenvalue weighted by atomic mass is 9.84. The van der Waals surface area contributed by atoms with Crippen LogP contribution in [0.5, 0.6) is 0 Å². The summed E-state index contributed by atoms with van der Waals surface area (Å²) in [5.74, 6) is 0. The van der Waals surface area contributed by atoms with Crippen LogP contribution >= 0.6 is 11.9 Å². The molecule has 2 aromatic rings. The zero-order valence-electron chi connectivity index (χ0n) is 13.8. The van der Waals surface area contributed by atoms with Crippen LogP contribution in [0.3, 0.4) is 0 Å². The Morgan fingerprint density at radius 3 is 2.27 bits per heavy atom. The molecule has 2 nitrogen and oxygen atoms in total. The molecule has 0 unspecified atom stereocenters. The van der Waals surface area contributed by atoms with Crippen molar-refractivity contribution in [3.63, 3.8) is 0 Å². The molecule has 0 spiro atoms. The average Bonchev–Trinajstić information content (AvgIpc) is 2.44. The summed E-state index contributed by atoms with van der Waals surface area (Å²) in [6.07, 6.45) is 0. The van der Waals surface area contributed by atoms with Gasteiger partial charge in [-0.3, -0.25) is 0 Å². The first-order chi connectivity index (χ1) is 10.3. The molecule has 2 aromatic carbocycles. The molecule has 0 aliphatic rings. The Morgan fingerprint density at radius 2 is 1.73 bits per heavy atom. The van der Waals surface area contributed by atoms with Gasteiger partial charge in [0.25, 0.3) is 0 Å². The number of rotatable bonds is 3. The number of hydrogen-bond donors (Lipinski definition) is 1. The molecule has 1 N–H and O–H groups in total. The maximum atomic E-state index is 8.91. The fourth-order valence-corrected chi connectivity index (χ4v) is 3.23. The van der Waals surface area contributed by atoms with Crippen LogP contribution in [0.4, 0.5) is 5.69 Å². The summed E-state index contributed by atoms with van der Waals surface area (Å²) in [4.78, 5) is 1.14. The van der Waals surface area contributed by atoms with E-state index in [-0.39, 0.29) is 5.41 Å². The molecular formula is C19H22N2S. The lowest BCUT2D eigenvalue weighted by Crippen LogP contribution is -2.12. The first kappa shape index (κ1) is 16.5. The van der Waals surface area contributed by atoms with Crippen LogP contribution in [0.1, 0.15) is 43.0 Å². The van der Waals surface area contributed by atoms with E-state index in [0.717, 1.165) is 16.1 Å². The Hall–Kier alpha value is -1.92. The Balaban J connectivity index is 2.13. The summed E-state index contributed by atoms with van der Waals surface area (Å²) >= 11 is 1.58. The smallest absolute Gasteiger partial charge is 0.0991 e. The molecule has 0 atom stereocenters. The summed E-state index contributed by atoms with van der Waals surface area (Å²) < 4.78 is 3.39. The van der Waals surface area contributed by atoms with E-state index in [1.165, 1.54) is 11.1 Å². The third kappa shape index (κ3) is 3.84. The molecule has 0 aromatic heterocycles. The van der Waals surface area contributed by atoms with Crippen LogP contribution in [0.2, 0.25) is 0 Å². The van der Waals surface area contributed by atoms with E-state index in [9.17, 15) is 0 Å². The number of hydrogen-bond acceptors (Lipinski definition) is 3. The van der Waals surface area contributed by atoms with E-state index < -0.39 is 0 Å². The first-order valence-electron chi connectivity index (χ1n) is 7.36. The average molecular weight is 310 g/mol. The lowest BCUT2D eigenvalue weighted by Gasteiger charge is -2.22. The van der Waals surface area contributed by atoms with Crippen LogP contribution in [0.15, 0.2) is 41.3 Å². The summed E-state index contributed by atoms with van der Waals surface area (Å²) in [5.41, 5.74) is 5.75. The normalized spacial score (nSPS) is 11.1. The van der Waals surface area contributed by atoms with Crippen molar-refractivity contribution in [2.75, 3.05) is 4.72 Å². The Labute approximate surface area is 137 Å². The molecule has 22 heavy (non-hydrogen) atoms. The maximum absolute atomic E-state index is 8.91. The monoisotopic (exact) mass is 310 g/mol. The lowest BCUT2D eigenvalue weighted by molar-refractivity contribution is 0.586. The van der Waals surface area contributed by atoms with Crippen LogP contribution in [-0.2, 0) is 5.41 Å². The quantitative estimate of drug-likeness (QED) is 0.750. The van der Waals surface area contributed by atoms with Crippen molar-refractivity contribution in [2.24, 2.45) is 0 Å². The number of aryl methyl sites for hydroxylation is 2. The SMILES string of the molecule is Cc1cc(C#N)ccc1SNc1ccc(C(C)(C)C)c(C)c1. The largest absolute Gasteiger partial charge is 0.326 e. The molecule has 0 aliphatic carbocycles. The van der Waals surface area contributed by atoms with Crippen LogP contribution in [-0.4, -0.2) is 0 Å². The molecule has 3 heteroatoms. The van der Waals surface area contributed by atoms with E-state index in [0.29, 0.717) is 5.56 Å². The molecule has 0 heterocycles. The highest BCUT2D eigenvalue weighted by Crippen LogP contribution is 2.30. The zero-order chi connectivity index (χ0) is 16.3. The molecule has 0 amide bonds. The number of benzene rings is 2. The summed E-state index contributed by atoms with van der Waals surface area (Å²) in [6, 6.07) is 14.4. The van der Waals surface area contributed by atoms with Gasteiger partial charge in [0.15, 0.2) is 0 Å². The Bertz CT molecular complexity index is 721. The van der Waals surface area contributed by atoms with Gasteiger partial charge in [0.2, 0.25) is 0 Å². The minimum absolute atomic E-state index is 0.166. The molecular weight excluding hydrogens is 288 g/mol. The zero-order valence-corrected chi connectivity index (χ0v) is 14.6. The second kappa shape index (κ2) is 6.46. The van der Waals surface area contributed by atoms with E-state index in [2.05, 4.69) is 56.7 Å². The highest BCUT2D eigenvalue weighted by molar-refractivity contribution is 8.00. The first-order valence-corrected chi connectivity index (χ1v) is 8.17. The molecule has 0 fully saturated rings. The minimum atomic E-state index is 0.166. The molecule has 0 saturated carbocycles. The van der Waals surface area contributed by atoms with Crippen molar-refractivity contribution in [2.45, 2.75) is 44.9 Å². The molecule has 0 bridgehead atoms. The highest BCUT2D eigenvalue weighted by Gasteiger charge is 2.16. The van der Waals surface area contributed by atoms with Crippen LogP contribution in [0, 0.1) is 25.2 Å². The molecule has 114 valence electrons. The fourth-order valence-electron chi connectivity index (χ4n) is 2.52. The van der Waals surface area contributed by atoms with Gasteiger partial charge in [0.1, 0.15) is 0 Å². The fraction of sp³-hybridized carbons (Fsp3) is 0.316. The van der Waals surface area contributed by atoms with Crippen LogP contribution < -0.4 is 4.72 Å². The van der Waals surface area contributed by atoms with Gasteiger partial charge in [0, 0.05) is 10.6 Å². The number of nitrogens with zero attached hydrogens (tertiary/aromatic N) is 1. The van der Waals surface area contributed by atoms with Crippen molar-refractivity contribution >= 4 is 17.6 Å². The number of nitrogens with one attached hydrogen (secondary N) is 1. The van der Waals surface area contributed by atoms with Gasteiger partial charge in [-0.2, -0.15) is 5.26 Å². The Kier molecular flexibility index (Phi) is 4.83. The van der Waals surface area contributed by atoms with E-state index >= 15 is 0 Å². The highest BCUT2D eigenvalue weighted by atomic mass is 32.2. The predicted octanol–water partition coefficient (Wildman–Crippen LogP) is 5.59. The third-order valence-electron chi connectivity index (χ3n) is 3.62. The Morgan fingerprint density at radius 1 is 1.00 bits per heavy atom. The van der Waals surface area contributed by atoms with Gasteiger partial charge < -0.3 is 4.72 Å². The maximum Gasteiger partial charge on any atom is 0.0991 e. The summed E-state index contributed by atoms with van der Waals surface area (Å²) in [6.45, 7) is 10.9. The third-order valence-corrected chi connectivity index (χ3v) is 4.63. The molecule has 0 saturated heterocycles. The second-order valence-corrected chi connectivity index (χ2v) is 7.42. The van der Waals surface area contributed by atoms with E-state index in [4.69, 9.17) is 5.26 Å². The standard InChI is InChI=1S/C19H22N2S/c1-13-11-16(7-8-17(13)19(3,4)5)21-22-18-9-6-15(12-20)10-14(18)2/h6-11,21H,1-5H3. The summed E-state index contributed by atoms with van der Waals surface area (Å²) in [5, 5.41) is 8.91. The van der Waals surface area contributed by atoms with Gasteiger partial charge in [-0.25, -0.2) is 0 Å². The van der Waals surface area contributed by atoms with E-state index in [1.807, 2.05) is 25.1 Å². The number of anilines is 1. The van der Waals surface area contributed by atoms with Gasteiger partial charge in [0.05, 0.1) is 11.6 Å². The predicted molar refractivity (Wildman–Crippen MR) is 95.3 cm³/mol. The van der Waals surface area contributed by atoms with Crippen molar-refractivity contribution in [1.29, 1.82) is 5.26 Å². The van der Waals surface area contributed by atoms with Gasteiger partial charge in [-0.1, -0.05) is 26.8 Å². The van der Waals surface area contributed by atoms with Crippen molar-refractivity contribution in [3.8, 4) is 6.07 Å². The van der Waals surface area contributed by atoms with Crippen molar-refractivity contribution in [1.82, 2.24) is 0 Å². The van der Waals surface area contributed by atoms with E-state index in [1.54, 1.807) is 11.9 Å². The van der Waals surface area contributed by atoms with Gasteiger partial charge in [-0.05, 0) is 78.2 Å². The summed E-state index contributed by atoms with van der Waals surface area (Å²) in [7, 11) is 0. The van der Waals surface area contributed by atoms with Crippen LogP contribution in [0.25, 0.3) is 0 Å². The molecule has 2 rings (SSSR count). The van der Waals surface area contributed by atoms with Crippen molar-refractivity contribution < 1.29 is 0 Å². The van der Waals surface area contributed by atoms with Gasteiger partial charge >= 0.3 is 0 Å². The number of nitriles is 1. The minimum Gasteiger partial charge on any atom is -0.326 e. The van der Waals surface area contributed by atoms with Gasteiger partial charge in [-0.15, -0.1) is 0 Å². The topological polar surface area (TPSA) is 35.8 Å².